The maximum atomic E-state index is 11.9. The Kier molecular flexibility index (Phi) is 7.10. The molecule has 0 saturated carbocycles. The Hall–Kier alpha value is -2.00. The second-order valence-corrected chi connectivity index (χ2v) is 7.51. The lowest BCUT2D eigenvalue weighted by Gasteiger charge is -2.23. The van der Waals surface area contributed by atoms with Gasteiger partial charge in [0.05, 0.1) is 6.61 Å². The van der Waals surface area contributed by atoms with Crippen molar-refractivity contribution in [2.75, 3.05) is 6.61 Å². The molecule has 0 aromatic heterocycles. The van der Waals surface area contributed by atoms with Crippen molar-refractivity contribution in [2.24, 2.45) is 0 Å². The van der Waals surface area contributed by atoms with Crippen molar-refractivity contribution < 1.29 is 14.3 Å². The highest BCUT2D eigenvalue weighted by molar-refractivity contribution is 6.31. The minimum absolute atomic E-state index is 0.169. The summed E-state index contributed by atoms with van der Waals surface area (Å²) >= 11 is 5.96. The molecule has 0 heterocycles. The lowest BCUT2D eigenvalue weighted by atomic mass is 9.82. The SMILES string of the molecule is CCC(C)(C)c1ccc(OCCCC(=O)Oc2ccc(Cl)c(C)c2)cc1. The number of carbonyl (C=O) groups is 1. The molecule has 0 aliphatic carbocycles. The van der Waals surface area contributed by atoms with Crippen LogP contribution >= 0.6 is 11.6 Å². The molecule has 3 nitrogen and oxygen atoms in total. The van der Waals surface area contributed by atoms with Crippen LogP contribution in [0.2, 0.25) is 5.02 Å². The van der Waals surface area contributed by atoms with Gasteiger partial charge in [0.1, 0.15) is 11.5 Å². The molecule has 0 amide bonds. The van der Waals surface area contributed by atoms with E-state index in [1.54, 1.807) is 18.2 Å². The summed E-state index contributed by atoms with van der Waals surface area (Å²) in [5.41, 5.74) is 2.35. The van der Waals surface area contributed by atoms with Gasteiger partial charge < -0.3 is 9.47 Å². The Morgan fingerprint density at radius 1 is 1.08 bits per heavy atom. The molecular formula is C22H27ClO3. The maximum absolute atomic E-state index is 11.9. The third-order valence-corrected chi connectivity index (χ3v) is 5.10. The summed E-state index contributed by atoms with van der Waals surface area (Å²) in [4.78, 5) is 11.9. The number of hydrogen-bond donors (Lipinski definition) is 0. The summed E-state index contributed by atoms with van der Waals surface area (Å²) in [6.45, 7) is 9.01. The van der Waals surface area contributed by atoms with Gasteiger partial charge in [-0.2, -0.15) is 0 Å². The van der Waals surface area contributed by atoms with Gasteiger partial charge in [-0.25, -0.2) is 0 Å². The molecule has 0 saturated heterocycles. The van der Waals surface area contributed by atoms with Crippen LogP contribution < -0.4 is 9.47 Å². The number of hydrogen-bond acceptors (Lipinski definition) is 3. The second kappa shape index (κ2) is 9.09. The van der Waals surface area contributed by atoms with Gasteiger partial charge in [-0.15, -0.1) is 0 Å². The normalized spacial score (nSPS) is 11.3. The first kappa shape index (κ1) is 20.3. The number of benzene rings is 2. The number of aryl methyl sites for hydroxylation is 1. The first-order valence-electron chi connectivity index (χ1n) is 9.02. The summed E-state index contributed by atoms with van der Waals surface area (Å²) in [7, 11) is 0. The molecule has 0 aliphatic heterocycles. The van der Waals surface area contributed by atoms with Crippen LogP contribution in [0.3, 0.4) is 0 Å². The van der Waals surface area contributed by atoms with E-state index in [-0.39, 0.29) is 11.4 Å². The minimum atomic E-state index is -0.268. The standard InChI is InChI=1S/C22H27ClO3/c1-5-22(3,4)17-8-10-18(11-9-17)25-14-6-7-21(24)26-19-12-13-20(23)16(2)15-19/h8-13,15H,5-7,14H2,1-4H3. The molecule has 0 unspecified atom stereocenters. The molecular weight excluding hydrogens is 348 g/mol. The van der Waals surface area contributed by atoms with Gasteiger partial charge in [-0.3, -0.25) is 4.79 Å². The molecule has 0 aliphatic rings. The van der Waals surface area contributed by atoms with Gasteiger partial charge >= 0.3 is 5.97 Å². The highest BCUT2D eigenvalue weighted by atomic mass is 35.5. The second-order valence-electron chi connectivity index (χ2n) is 7.10. The lowest BCUT2D eigenvalue weighted by molar-refractivity contribution is -0.134. The third kappa shape index (κ3) is 5.77. The van der Waals surface area contributed by atoms with Gasteiger partial charge in [0.15, 0.2) is 0 Å². The molecule has 2 rings (SSSR count). The zero-order chi connectivity index (χ0) is 19.2. The van der Waals surface area contributed by atoms with E-state index in [0.717, 1.165) is 17.7 Å². The van der Waals surface area contributed by atoms with Crippen molar-refractivity contribution in [3.63, 3.8) is 0 Å². The number of halogens is 1. The number of carbonyl (C=O) groups excluding carboxylic acids is 1. The molecule has 4 heteroatoms. The Morgan fingerprint density at radius 3 is 2.35 bits per heavy atom. The molecule has 26 heavy (non-hydrogen) atoms. The quantitative estimate of drug-likeness (QED) is 0.318. The van der Waals surface area contributed by atoms with Crippen molar-refractivity contribution in [1.82, 2.24) is 0 Å². The van der Waals surface area contributed by atoms with Gasteiger partial charge in [0, 0.05) is 11.4 Å². The summed E-state index contributed by atoms with van der Waals surface area (Å²) in [5.74, 6) is 1.07. The van der Waals surface area contributed by atoms with Crippen molar-refractivity contribution in [2.45, 2.75) is 52.4 Å². The van der Waals surface area contributed by atoms with Crippen LogP contribution in [0.25, 0.3) is 0 Å². The largest absolute Gasteiger partial charge is 0.494 e. The highest BCUT2D eigenvalue weighted by Crippen LogP contribution is 2.28. The average molecular weight is 375 g/mol. The topological polar surface area (TPSA) is 35.5 Å². The molecule has 2 aromatic carbocycles. The smallest absolute Gasteiger partial charge is 0.311 e. The Morgan fingerprint density at radius 2 is 1.73 bits per heavy atom. The first-order chi connectivity index (χ1) is 12.3. The molecule has 0 radical (unpaired) electrons. The molecule has 140 valence electrons. The van der Waals surface area contributed by atoms with Gasteiger partial charge in [-0.1, -0.05) is 44.5 Å². The zero-order valence-corrected chi connectivity index (χ0v) is 16.7. The fourth-order valence-corrected chi connectivity index (χ4v) is 2.59. The fraction of sp³-hybridized carbons (Fsp3) is 0.409. The summed E-state index contributed by atoms with van der Waals surface area (Å²) in [6, 6.07) is 13.4. The van der Waals surface area contributed by atoms with E-state index >= 15 is 0 Å². The molecule has 0 atom stereocenters. The Balaban J connectivity index is 1.74. The van der Waals surface area contributed by atoms with Crippen LogP contribution in [0.4, 0.5) is 0 Å². The lowest BCUT2D eigenvalue weighted by Crippen LogP contribution is -2.15. The van der Waals surface area contributed by atoms with Crippen LogP contribution in [-0.4, -0.2) is 12.6 Å². The molecule has 0 fully saturated rings. The monoisotopic (exact) mass is 374 g/mol. The van der Waals surface area contributed by atoms with E-state index in [2.05, 4.69) is 32.9 Å². The van der Waals surface area contributed by atoms with Crippen LogP contribution in [0.15, 0.2) is 42.5 Å². The van der Waals surface area contributed by atoms with Gasteiger partial charge in [0.25, 0.3) is 0 Å². The number of esters is 1. The minimum Gasteiger partial charge on any atom is -0.494 e. The highest BCUT2D eigenvalue weighted by Gasteiger charge is 2.17. The van der Waals surface area contributed by atoms with E-state index in [0.29, 0.717) is 30.2 Å². The number of ether oxygens (including phenoxy) is 2. The van der Waals surface area contributed by atoms with Crippen molar-refractivity contribution >= 4 is 17.6 Å². The number of rotatable bonds is 8. The summed E-state index contributed by atoms with van der Waals surface area (Å²) < 4.78 is 11.0. The summed E-state index contributed by atoms with van der Waals surface area (Å²) in [6.07, 6.45) is 2.00. The van der Waals surface area contributed by atoms with Crippen molar-refractivity contribution in [3.8, 4) is 11.5 Å². The van der Waals surface area contributed by atoms with E-state index in [9.17, 15) is 4.79 Å². The van der Waals surface area contributed by atoms with Crippen LogP contribution in [0.1, 0.15) is 51.2 Å². The molecule has 0 spiro atoms. The fourth-order valence-electron chi connectivity index (χ4n) is 2.48. The van der Waals surface area contributed by atoms with E-state index in [1.165, 1.54) is 5.56 Å². The van der Waals surface area contributed by atoms with Crippen LogP contribution in [-0.2, 0) is 10.2 Å². The van der Waals surface area contributed by atoms with E-state index in [1.807, 2.05) is 19.1 Å². The Bertz CT molecular complexity index is 736. The molecule has 0 N–H and O–H groups in total. The van der Waals surface area contributed by atoms with Crippen LogP contribution in [0, 0.1) is 6.92 Å². The first-order valence-corrected chi connectivity index (χ1v) is 9.40. The summed E-state index contributed by atoms with van der Waals surface area (Å²) in [5, 5.41) is 0.659. The predicted molar refractivity (Wildman–Crippen MR) is 106 cm³/mol. The Labute approximate surface area is 161 Å². The van der Waals surface area contributed by atoms with Crippen molar-refractivity contribution in [3.05, 3.63) is 58.6 Å². The van der Waals surface area contributed by atoms with E-state index < -0.39 is 0 Å². The van der Waals surface area contributed by atoms with Gasteiger partial charge in [0.2, 0.25) is 0 Å². The maximum Gasteiger partial charge on any atom is 0.311 e. The average Bonchev–Trinajstić information content (AvgIpc) is 2.62. The van der Waals surface area contributed by atoms with Gasteiger partial charge in [-0.05, 0) is 66.6 Å². The van der Waals surface area contributed by atoms with E-state index in [4.69, 9.17) is 21.1 Å². The molecule has 0 bridgehead atoms. The zero-order valence-electron chi connectivity index (χ0n) is 16.0. The predicted octanol–water partition coefficient (Wildman–Crippen LogP) is 6.10. The third-order valence-electron chi connectivity index (χ3n) is 4.67. The molecule has 2 aromatic rings. The van der Waals surface area contributed by atoms with Crippen molar-refractivity contribution in [1.29, 1.82) is 0 Å². The van der Waals surface area contributed by atoms with Crippen LogP contribution in [0.5, 0.6) is 11.5 Å².